The van der Waals surface area contributed by atoms with Crippen LogP contribution in [0.25, 0.3) is 0 Å². The molecule has 0 spiro atoms. The Bertz CT molecular complexity index is 2140. The molecule has 30 heteroatoms. The monoisotopic (exact) mass is 1280 g/mol. The number of thioether (sulfide) groups is 3. The van der Waals surface area contributed by atoms with E-state index in [9.17, 15) is 43.2 Å². The van der Waals surface area contributed by atoms with E-state index in [0.717, 1.165) is 75.0 Å². The predicted octanol–water partition coefficient (Wildman–Crippen LogP) is 0.502. The number of ether oxygens (including phenoxy) is 6. The minimum Gasteiger partial charge on any atom is -0.377 e. The van der Waals surface area contributed by atoms with Crippen molar-refractivity contribution in [2.24, 2.45) is 0 Å². The third-order valence-electron chi connectivity index (χ3n) is 15.4. The van der Waals surface area contributed by atoms with Gasteiger partial charge < -0.3 is 92.2 Å². The molecule has 486 valence electrons. The zero-order valence-electron chi connectivity index (χ0n) is 49.6. The van der Waals surface area contributed by atoms with E-state index in [1.165, 1.54) is 18.2 Å². The van der Waals surface area contributed by atoms with Gasteiger partial charge in [0.05, 0.1) is 116 Å². The first-order chi connectivity index (χ1) is 42.4. The summed E-state index contributed by atoms with van der Waals surface area (Å²) in [5, 5.41) is 35.8. The van der Waals surface area contributed by atoms with Crippen molar-refractivity contribution in [2.45, 2.75) is 129 Å². The average molecular weight is 1280 g/mol. The first kappa shape index (κ1) is 69.1. The second kappa shape index (κ2) is 38.9. The van der Waals surface area contributed by atoms with Gasteiger partial charge in [-0.25, -0.2) is 14.4 Å². The van der Waals surface area contributed by atoms with E-state index < -0.39 is 17.7 Å². The van der Waals surface area contributed by atoms with Crippen molar-refractivity contribution >= 4 is 88.8 Å². The van der Waals surface area contributed by atoms with Gasteiger partial charge in [-0.05, 0) is 56.7 Å². The zero-order valence-corrected chi connectivity index (χ0v) is 52.1. The quantitative estimate of drug-likeness (QED) is 0.0313. The van der Waals surface area contributed by atoms with Crippen molar-refractivity contribution in [1.82, 2.24) is 63.8 Å². The molecule has 1 aromatic carbocycles. The summed E-state index contributed by atoms with van der Waals surface area (Å²) in [4.78, 5) is 112. The fraction of sp³-hybridized carbons (Fsp3) is 0.737. The normalized spacial score (nSPS) is 23.0. The summed E-state index contributed by atoms with van der Waals surface area (Å²) < 4.78 is 33.6. The van der Waals surface area contributed by atoms with Gasteiger partial charge in [-0.3, -0.25) is 28.8 Å². The maximum Gasteiger partial charge on any atom is 0.315 e. The van der Waals surface area contributed by atoms with Crippen LogP contribution in [0.5, 0.6) is 0 Å². The Hall–Kier alpha value is -5.34. The second-order valence-corrected chi connectivity index (χ2v) is 25.7. The molecule has 87 heavy (non-hydrogen) atoms. The van der Waals surface area contributed by atoms with Crippen LogP contribution in [0.4, 0.5) is 14.4 Å². The maximum atomic E-state index is 13.4. The number of hydrogen-bond acceptors (Lipinski definition) is 18. The smallest absolute Gasteiger partial charge is 0.315 e. The molecular weight excluding hydrogens is 1190 g/mol. The highest BCUT2D eigenvalue weighted by atomic mass is 32.2. The Morgan fingerprint density at radius 3 is 0.874 bits per heavy atom. The summed E-state index contributed by atoms with van der Waals surface area (Å²) >= 11 is 5.59. The molecule has 0 aromatic heterocycles. The minimum atomic E-state index is -0.523. The first-order valence-corrected chi connectivity index (χ1v) is 33.9. The summed E-state index contributed by atoms with van der Waals surface area (Å²) in [6.07, 6.45) is 9.16. The van der Waals surface area contributed by atoms with Gasteiger partial charge in [0.1, 0.15) is 0 Å². The fourth-order valence-corrected chi connectivity index (χ4v) is 15.5. The number of unbranched alkanes of at least 4 members (excludes halogenated alkanes) is 3. The average Bonchev–Trinajstić information content (AvgIpc) is 2.69. The molecule has 0 saturated carbocycles. The highest BCUT2D eigenvalue weighted by Gasteiger charge is 2.44. The van der Waals surface area contributed by atoms with E-state index in [2.05, 4.69) is 63.8 Å². The Balaban J connectivity index is 0.719. The molecule has 7 rings (SSSR count). The zero-order chi connectivity index (χ0) is 61.4. The highest BCUT2D eigenvalue weighted by Crippen LogP contribution is 2.35. The molecule has 12 N–H and O–H groups in total. The number of carbonyl (C=O) groups is 9. The molecule has 9 unspecified atom stereocenters. The fourth-order valence-electron chi connectivity index (χ4n) is 10.9. The van der Waals surface area contributed by atoms with Crippen LogP contribution in [-0.4, -0.2) is 241 Å². The van der Waals surface area contributed by atoms with Crippen molar-refractivity contribution in [3.05, 3.63) is 34.9 Å². The van der Waals surface area contributed by atoms with Crippen LogP contribution in [0.3, 0.4) is 0 Å². The van der Waals surface area contributed by atoms with E-state index in [0.29, 0.717) is 74.5 Å². The van der Waals surface area contributed by atoms with Crippen LogP contribution < -0.4 is 63.8 Å². The molecule has 12 amide bonds. The largest absolute Gasteiger partial charge is 0.377 e. The molecule has 6 saturated heterocycles. The van der Waals surface area contributed by atoms with E-state index in [-0.39, 0.29) is 168 Å². The van der Waals surface area contributed by atoms with Crippen LogP contribution in [0.2, 0.25) is 0 Å². The molecular formula is C57H90N12O15S3. The van der Waals surface area contributed by atoms with Gasteiger partial charge in [-0.15, -0.1) is 0 Å². The van der Waals surface area contributed by atoms with Crippen LogP contribution in [0.1, 0.15) is 108 Å². The van der Waals surface area contributed by atoms with E-state index in [1.54, 1.807) is 0 Å². The summed E-state index contributed by atoms with van der Waals surface area (Å²) in [5.74, 6) is 1.06. The highest BCUT2D eigenvalue weighted by molar-refractivity contribution is 8.00. The van der Waals surface area contributed by atoms with E-state index in [4.69, 9.17) is 28.4 Å². The number of urea groups is 3. The number of carbonyl (C=O) groups excluding carboxylic acids is 9. The van der Waals surface area contributed by atoms with Crippen molar-refractivity contribution in [1.29, 1.82) is 0 Å². The van der Waals surface area contributed by atoms with Gasteiger partial charge in [0.2, 0.25) is 17.7 Å². The van der Waals surface area contributed by atoms with Crippen LogP contribution in [0.15, 0.2) is 18.2 Å². The molecule has 1 aromatic rings. The third kappa shape index (κ3) is 24.9. The van der Waals surface area contributed by atoms with Crippen molar-refractivity contribution < 1.29 is 71.6 Å². The van der Waals surface area contributed by atoms with Crippen molar-refractivity contribution in [3.63, 3.8) is 0 Å². The van der Waals surface area contributed by atoms with E-state index in [1.807, 2.05) is 35.3 Å². The van der Waals surface area contributed by atoms with Gasteiger partial charge >= 0.3 is 18.1 Å². The molecule has 6 aliphatic rings. The van der Waals surface area contributed by atoms with Gasteiger partial charge in [0.25, 0.3) is 17.7 Å². The number of rotatable bonds is 45. The standard InChI is InChI=1S/C57H90N12O15S3/c70-46(10-4-1-7-43-49-40(34-85-43)64-55(76)67-49)58-13-19-79-25-28-82-22-16-61-52(73)37-31-38(53(74)62-17-23-83-29-26-80-20-14-59-47(71)11-5-2-8-44-50-41(35-86-44)65-56(77)68-50)33-39(32-37)54(75)63-18-24-84-30-27-81-21-15-60-48(72)12-6-3-9-45-51-42(36-87-45)66-57(78)69-51/h31-33,40-45,49-51H,1-30,34-36H2,(H,58,70)(H,59,71)(H,60,72)(H,61,73)(H,62,74)(H,63,75)(H2,64,67,76)(H2,65,68,77)(H2,66,69,78). The summed E-state index contributed by atoms with van der Waals surface area (Å²) in [7, 11) is 0. The number of hydrogen-bond donors (Lipinski definition) is 12. The Kier molecular flexibility index (Phi) is 30.9. The summed E-state index contributed by atoms with van der Waals surface area (Å²) in [6, 6.07) is 4.97. The number of nitrogens with one attached hydrogen (secondary N) is 12. The van der Waals surface area contributed by atoms with Gasteiger partial charge in [0, 0.05) is 108 Å². The topological polar surface area (TPSA) is 353 Å². The Morgan fingerprint density at radius 2 is 0.609 bits per heavy atom. The molecule has 9 atom stereocenters. The lowest BCUT2D eigenvalue weighted by Gasteiger charge is -2.16. The van der Waals surface area contributed by atoms with Crippen LogP contribution in [-0.2, 0) is 42.8 Å². The summed E-state index contributed by atoms with van der Waals surface area (Å²) in [5.41, 5.74) is 0.254. The lowest BCUT2D eigenvalue weighted by molar-refractivity contribution is -0.122. The van der Waals surface area contributed by atoms with Gasteiger partial charge in [-0.1, -0.05) is 19.3 Å². The molecule has 6 heterocycles. The maximum absolute atomic E-state index is 13.4. The van der Waals surface area contributed by atoms with Crippen molar-refractivity contribution in [2.75, 3.05) is 136 Å². The van der Waals surface area contributed by atoms with Crippen LogP contribution in [0, 0.1) is 0 Å². The van der Waals surface area contributed by atoms with E-state index >= 15 is 0 Å². The first-order valence-electron chi connectivity index (χ1n) is 30.7. The molecule has 27 nitrogen and oxygen atoms in total. The summed E-state index contributed by atoms with van der Waals surface area (Å²) in [6.45, 7) is 4.56. The SMILES string of the molecule is O=C(CCCCC1SCC2NC(=O)NC21)NCCOCCOCCNC(=O)c1cc(C(=O)NCCOCCOCCNC(=O)CCCCC2SCC3NC(=O)NC32)cc(C(=O)NCCOCCOCCNC(=O)CCCCC2SCC3NC(=O)NC32)c1. The molecule has 0 bridgehead atoms. The Labute approximate surface area is 521 Å². The molecule has 0 aliphatic carbocycles. The molecule has 6 aliphatic heterocycles. The van der Waals surface area contributed by atoms with Crippen molar-refractivity contribution in [3.8, 4) is 0 Å². The lowest BCUT2D eigenvalue weighted by Crippen LogP contribution is -2.36. The van der Waals surface area contributed by atoms with Gasteiger partial charge in [0.15, 0.2) is 0 Å². The lowest BCUT2D eigenvalue weighted by atomic mass is 10.0. The number of benzene rings is 1. The second-order valence-electron chi connectivity index (χ2n) is 21.9. The van der Waals surface area contributed by atoms with Gasteiger partial charge in [-0.2, -0.15) is 35.3 Å². The third-order valence-corrected chi connectivity index (χ3v) is 19.9. The van der Waals surface area contributed by atoms with Crippen LogP contribution >= 0.6 is 35.3 Å². The molecule has 6 fully saturated rings. The number of amides is 12. The predicted molar refractivity (Wildman–Crippen MR) is 329 cm³/mol. The Morgan fingerprint density at radius 1 is 0.356 bits per heavy atom. The minimum absolute atomic E-state index is 0.0363. The number of fused-ring (bicyclic) bond motifs is 3. The molecule has 0 radical (unpaired) electrons.